The monoisotopic (exact) mass is 611 g/mol. The summed E-state index contributed by atoms with van der Waals surface area (Å²) in [5.74, 6) is -0.0200. The zero-order valence-electron chi connectivity index (χ0n) is 23.4. The number of halogens is 2. The van der Waals surface area contributed by atoms with Gasteiger partial charge in [0.15, 0.2) is 0 Å². The summed E-state index contributed by atoms with van der Waals surface area (Å²) in [5, 5.41) is 4.04. The first-order valence-electron chi connectivity index (χ1n) is 13.7. The van der Waals surface area contributed by atoms with Gasteiger partial charge >= 0.3 is 0 Å². The van der Waals surface area contributed by atoms with Gasteiger partial charge in [-0.1, -0.05) is 67.6 Å². The summed E-state index contributed by atoms with van der Waals surface area (Å²) < 4.78 is 31.9. The molecule has 220 valence electrons. The van der Waals surface area contributed by atoms with Crippen LogP contribution in [0.1, 0.15) is 63.9 Å². The van der Waals surface area contributed by atoms with E-state index in [1.807, 2.05) is 6.92 Å². The topological polar surface area (TPSA) is 96.0 Å². The van der Waals surface area contributed by atoms with Gasteiger partial charge in [-0.3, -0.25) is 13.9 Å². The smallest absolute Gasteiger partial charge is 0.243 e. The molecule has 0 bridgehead atoms. The molecule has 1 aliphatic carbocycles. The Bertz CT molecular complexity index is 1270. The predicted octanol–water partition coefficient (Wildman–Crippen LogP) is 5.80. The number of para-hydroxylation sites is 2. The molecule has 1 atom stereocenters. The van der Waals surface area contributed by atoms with Crippen LogP contribution in [0.2, 0.25) is 10.0 Å². The highest BCUT2D eigenvalue weighted by Gasteiger charge is 2.31. The second kappa shape index (κ2) is 14.9. The summed E-state index contributed by atoms with van der Waals surface area (Å²) in [5.41, 5.74) is 1.08. The van der Waals surface area contributed by atoms with Crippen molar-refractivity contribution in [3.8, 4) is 5.75 Å². The molecule has 1 fully saturated rings. The molecule has 0 heterocycles. The molecule has 2 aromatic rings. The van der Waals surface area contributed by atoms with E-state index in [4.69, 9.17) is 27.9 Å². The van der Waals surface area contributed by atoms with Crippen LogP contribution in [0, 0.1) is 0 Å². The van der Waals surface area contributed by atoms with Gasteiger partial charge in [0.1, 0.15) is 11.8 Å². The summed E-state index contributed by atoms with van der Waals surface area (Å²) in [6.45, 7) is 2.08. The number of rotatable bonds is 13. The molecule has 0 saturated heterocycles. The van der Waals surface area contributed by atoms with Crippen LogP contribution in [0.25, 0.3) is 0 Å². The second-order valence-electron chi connectivity index (χ2n) is 10.1. The van der Waals surface area contributed by atoms with Crippen LogP contribution in [0.3, 0.4) is 0 Å². The minimum Gasteiger partial charge on any atom is -0.495 e. The molecule has 1 aliphatic rings. The fourth-order valence-electron chi connectivity index (χ4n) is 5.12. The average molecular weight is 613 g/mol. The third-order valence-electron chi connectivity index (χ3n) is 7.20. The first kappa shape index (κ1) is 32.0. The highest BCUT2D eigenvalue weighted by atomic mass is 35.5. The summed E-state index contributed by atoms with van der Waals surface area (Å²) in [6, 6.07) is 11.3. The Hall–Kier alpha value is -2.49. The van der Waals surface area contributed by atoms with Crippen molar-refractivity contribution in [2.24, 2.45) is 0 Å². The van der Waals surface area contributed by atoms with E-state index < -0.39 is 16.1 Å². The summed E-state index contributed by atoms with van der Waals surface area (Å²) in [6.07, 6.45) is 7.02. The van der Waals surface area contributed by atoms with Gasteiger partial charge in [0.2, 0.25) is 21.8 Å². The van der Waals surface area contributed by atoms with Crippen LogP contribution in [0.15, 0.2) is 42.5 Å². The number of amides is 2. The molecule has 0 radical (unpaired) electrons. The van der Waals surface area contributed by atoms with Gasteiger partial charge in [0.25, 0.3) is 0 Å². The molecule has 8 nitrogen and oxygen atoms in total. The Morgan fingerprint density at radius 2 is 1.80 bits per heavy atom. The largest absolute Gasteiger partial charge is 0.495 e. The number of anilines is 1. The van der Waals surface area contributed by atoms with Crippen molar-refractivity contribution in [2.45, 2.75) is 76.9 Å². The normalized spacial score (nSPS) is 14.8. The standard InChI is InChI=1S/C29H39Cl2N3O5S/c1-4-25(29(36)32-23-11-6-5-7-12-23)33(20-21-16-17-22(30)19-24(21)31)28(35)15-10-18-34(40(3,37)38)26-13-8-9-14-27(26)39-2/h8-9,13-14,16-17,19,23,25H,4-7,10-12,15,18,20H2,1-3H3,(H,32,36)/t25-/m1/s1. The molecule has 0 aromatic heterocycles. The van der Waals surface area contributed by atoms with Gasteiger partial charge < -0.3 is 15.0 Å². The fraction of sp³-hybridized carbons (Fsp3) is 0.517. The van der Waals surface area contributed by atoms with E-state index in [1.54, 1.807) is 47.4 Å². The van der Waals surface area contributed by atoms with Gasteiger partial charge in [-0.25, -0.2) is 8.42 Å². The van der Waals surface area contributed by atoms with E-state index in [-0.39, 0.29) is 43.8 Å². The number of nitrogens with zero attached hydrogens (tertiary/aromatic N) is 2. The Labute approximate surface area is 248 Å². The zero-order chi connectivity index (χ0) is 29.3. The Balaban J connectivity index is 1.80. The summed E-state index contributed by atoms with van der Waals surface area (Å²) >= 11 is 12.5. The van der Waals surface area contributed by atoms with Crippen molar-refractivity contribution in [1.82, 2.24) is 10.2 Å². The Morgan fingerprint density at radius 1 is 1.10 bits per heavy atom. The van der Waals surface area contributed by atoms with Crippen LogP contribution < -0.4 is 14.4 Å². The predicted molar refractivity (Wildman–Crippen MR) is 161 cm³/mol. The SMILES string of the molecule is CC[C@H](C(=O)NC1CCCCC1)N(Cc1ccc(Cl)cc1Cl)C(=O)CCCN(c1ccccc1OC)S(C)(=O)=O. The number of nitrogens with one attached hydrogen (secondary N) is 1. The van der Waals surface area contributed by atoms with Gasteiger partial charge in [-0.05, 0) is 55.5 Å². The lowest BCUT2D eigenvalue weighted by Gasteiger charge is -2.33. The molecule has 0 aliphatic heterocycles. The maximum Gasteiger partial charge on any atom is 0.243 e. The lowest BCUT2D eigenvalue weighted by atomic mass is 9.95. The molecule has 1 saturated carbocycles. The van der Waals surface area contributed by atoms with Crippen LogP contribution in [-0.2, 0) is 26.2 Å². The van der Waals surface area contributed by atoms with Crippen LogP contribution in [0.4, 0.5) is 5.69 Å². The lowest BCUT2D eigenvalue weighted by molar-refractivity contribution is -0.141. The number of hydrogen-bond acceptors (Lipinski definition) is 5. The Morgan fingerprint density at radius 3 is 2.42 bits per heavy atom. The van der Waals surface area contributed by atoms with Crippen molar-refractivity contribution in [3.05, 3.63) is 58.1 Å². The van der Waals surface area contributed by atoms with E-state index in [1.165, 1.54) is 17.8 Å². The summed E-state index contributed by atoms with van der Waals surface area (Å²) in [7, 11) is -2.17. The van der Waals surface area contributed by atoms with Gasteiger partial charge in [0, 0.05) is 35.6 Å². The number of hydrogen-bond donors (Lipinski definition) is 1. The third kappa shape index (κ3) is 8.75. The number of methoxy groups -OCH3 is 1. The van der Waals surface area contributed by atoms with E-state index in [0.717, 1.165) is 31.9 Å². The molecule has 2 amide bonds. The number of ether oxygens (including phenoxy) is 1. The molecule has 40 heavy (non-hydrogen) atoms. The number of sulfonamides is 1. The quantitative estimate of drug-likeness (QED) is 0.308. The molecule has 0 spiro atoms. The highest BCUT2D eigenvalue weighted by Crippen LogP contribution is 2.30. The van der Waals surface area contributed by atoms with Crippen LogP contribution in [0.5, 0.6) is 5.75 Å². The van der Waals surface area contributed by atoms with E-state index in [0.29, 0.717) is 33.5 Å². The maximum atomic E-state index is 13.7. The Kier molecular flexibility index (Phi) is 12.0. The van der Waals surface area contributed by atoms with Crippen LogP contribution >= 0.6 is 23.2 Å². The van der Waals surface area contributed by atoms with E-state index >= 15 is 0 Å². The number of benzene rings is 2. The second-order valence-corrected chi connectivity index (χ2v) is 12.9. The van der Waals surface area contributed by atoms with Gasteiger partial charge in [-0.2, -0.15) is 0 Å². The van der Waals surface area contributed by atoms with Crippen molar-refractivity contribution >= 4 is 50.7 Å². The molecule has 11 heteroatoms. The third-order valence-corrected chi connectivity index (χ3v) is 8.97. The first-order chi connectivity index (χ1) is 19.0. The molecule has 3 rings (SSSR count). The molecule has 2 aromatic carbocycles. The number of carbonyl (C=O) groups excluding carboxylic acids is 2. The molecular formula is C29H39Cl2N3O5S. The average Bonchev–Trinajstić information content (AvgIpc) is 2.92. The van der Waals surface area contributed by atoms with Crippen LogP contribution in [-0.4, -0.2) is 57.1 Å². The van der Waals surface area contributed by atoms with Crippen molar-refractivity contribution in [1.29, 1.82) is 0 Å². The minimum atomic E-state index is -3.64. The fourth-order valence-corrected chi connectivity index (χ4v) is 6.55. The molecule has 0 unspecified atom stereocenters. The summed E-state index contributed by atoms with van der Waals surface area (Å²) in [4.78, 5) is 28.7. The van der Waals surface area contributed by atoms with Gasteiger partial charge in [0.05, 0.1) is 19.1 Å². The van der Waals surface area contributed by atoms with E-state index in [9.17, 15) is 18.0 Å². The van der Waals surface area contributed by atoms with Crippen molar-refractivity contribution in [3.63, 3.8) is 0 Å². The number of carbonyl (C=O) groups is 2. The van der Waals surface area contributed by atoms with Crippen molar-refractivity contribution in [2.75, 3.05) is 24.2 Å². The molecular weight excluding hydrogens is 573 g/mol. The first-order valence-corrected chi connectivity index (χ1v) is 16.3. The van der Waals surface area contributed by atoms with Crippen molar-refractivity contribution < 1.29 is 22.7 Å². The zero-order valence-corrected chi connectivity index (χ0v) is 25.7. The minimum absolute atomic E-state index is 0.0413. The highest BCUT2D eigenvalue weighted by molar-refractivity contribution is 7.92. The maximum absolute atomic E-state index is 13.7. The lowest BCUT2D eigenvalue weighted by Crippen LogP contribution is -2.51. The van der Waals surface area contributed by atoms with E-state index in [2.05, 4.69) is 5.32 Å². The molecule has 1 N–H and O–H groups in total. The van der Waals surface area contributed by atoms with Gasteiger partial charge in [-0.15, -0.1) is 0 Å².